The molecule has 0 spiro atoms. The van der Waals surface area contributed by atoms with E-state index in [1.165, 1.54) is 5.69 Å². The van der Waals surface area contributed by atoms with Gasteiger partial charge in [-0.25, -0.2) is 0 Å². The molecular formula is C15H19ClN2. The van der Waals surface area contributed by atoms with Crippen molar-refractivity contribution in [3.8, 4) is 0 Å². The first-order valence-electron chi connectivity index (χ1n) is 6.53. The molecule has 2 aromatic rings. The molecule has 3 heteroatoms. The molecule has 0 saturated carbocycles. The van der Waals surface area contributed by atoms with Crippen molar-refractivity contribution in [1.82, 2.24) is 4.98 Å². The molecule has 0 atom stereocenters. The van der Waals surface area contributed by atoms with Crippen molar-refractivity contribution in [1.29, 1.82) is 0 Å². The molecule has 96 valence electrons. The zero-order valence-corrected chi connectivity index (χ0v) is 12.0. The van der Waals surface area contributed by atoms with Gasteiger partial charge in [0, 0.05) is 29.9 Å². The molecule has 18 heavy (non-hydrogen) atoms. The van der Waals surface area contributed by atoms with Crippen LogP contribution in [0.15, 0.2) is 24.3 Å². The quantitative estimate of drug-likeness (QED) is 0.817. The number of nitrogens with zero attached hydrogens (tertiary/aromatic N) is 2. The SMILES string of the molecule is CCc1cc(Cl)c2cc(N(CC)CC)ccc2n1. The molecule has 0 bridgehead atoms. The van der Waals surface area contributed by atoms with Gasteiger partial charge in [0.1, 0.15) is 0 Å². The normalized spacial score (nSPS) is 10.9. The molecule has 1 aromatic carbocycles. The Balaban J connectivity index is 2.54. The Labute approximate surface area is 114 Å². The topological polar surface area (TPSA) is 16.1 Å². The van der Waals surface area contributed by atoms with E-state index in [1.807, 2.05) is 6.07 Å². The number of aromatic nitrogens is 1. The summed E-state index contributed by atoms with van der Waals surface area (Å²) < 4.78 is 0. The van der Waals surface area contributed by atoms with Crippen LogP contribution < -0.4 is 4.90 Å². The van der Waals surface area contributed by atoms with E-state index in [0.717, 1.165) is 41.1 Å². The lowest BCUT2D eigenvalue weighted by molar-refractivity contribution is 0.867. The monoisotopic (exact) mass is 262 g/mol. The van der Waals surface area contributed by atoms with Gasteiger partial charge in [0.2, 0.25) is 0 Å². The van der Waals surface area contributed by atoms with Crippen molar-refractivity contribution in [2.24, 2.45) is 0 Å². The van der Waals surface area contributed by atoms with E-state index in [1.54, 1.807) is 0 Å². The maximum atomic E-state index is 6.35. The highest BCUT2D eigenvalue weighted by Gasteiger charge is 2.07. The molecule has 0 aliphatic heterocycles. The predicted octanol–water partition coefficient (Wildman–Crippen LogP) is 4.30. The lowest BCUT2D eigenvalue weighted by Crippen LogP contribution is -2.21. The van der Waals surface area contributed by atoms with Gasteiger partial charge in [0.05, 0.1) is 10.5 Å². The molecule has 1 aromatic heterocycles. The second-order valence-electron chi connectivity index (χ2n) is 4.32. The maximum Gasteiger partial charge on any atom is 0.0721 e. The van der Waals surface area contributed by atoms with Gasteiger partial charge in [0.15, 0.2) is 0 Å². The molecular weight excluding hydrogens is 244 g/mol. The van der Waals surface area contributed by atoms with E-state index in [-0.39, 0.29) is 0 Å². The van der Waals surface area contributed by atoms with Crippen molar-refractivity contribution in [2.45, 2.75) is 27.2 Å². The minimum Gasteiger partial charge on any atom is -0.372 e. The highest BCUT2D eigenvalue weighted by atomic mass is 35.5. The lowest BCUT2D eigenvalue weighted by Gasteiger charge is -2.21. The Hall–Kier alpha value is -1.28. The summed E-state index contributed by atoms with van der Waals surface area (Å²) in [5.41, 5.74) is 3.23. The van der Waals surface area contributed by atoms with Crippen molar-refractivity contribution >= 4 is 28.2 Å². The zero-order chi connectivity index (χ0) is 13.1. The maximum absolute atomic E-state index is 6.35. The zero-order valence-electron chi connectivity index (χ0n) is 11.2. The second-order valence-corrected chi connectivity index (χ2v) is 4.73. The van der Waals surface area contributed by atoms with E-state index in [4.69, 9.17) is 11.6 Å². The van der Waals surface area contributed by atoms with Crippen LogP contribution in [-0.2, 0) is 6.42 Å². The van der Waals surface area contributed by atoms with Crippen molar-refractivity contribution < 1.29 is 0 Å². The number of rotatable bonds is 4. The largest absolute Gasteiger partial charge is 0.372 e. The van der Waals surface area contributed by atoms with Crippen molar-refractivity contribution in [3.05, 3.63) is 35.0 Å². The van der Waals surface area contributed by atoms with Crippen LogP contribution in [0.25, 0.3) is 10.9 Å². The summed E-state index contributed by atoms with van der Waals surface area (Å²) in [5, 5.41) is 1.84. The third-order valence-corrected chi connectivity index (χ3v) is 3.60. The molecule has 0 amide bonds. The van der Waals surface area contributed by atoms with E-state index < -0.39 is 0 Å². The Bertz CT molecular complexity index is 547. The predicted molar refractivity (Wildman–Crippen MR) is 79.7 cm³/mol. The summed E-state index contributed by atoms with van der Waals surface area (Å²) in [6.07, 6.45) is 0.910. The van der Waals surface area contributed by atoms with E-state index in [9.17, 15) is 0 Å². The third kappa shape index (κ3) is 2.44. The summed E-state index contributed by atoms with van der Waals surface area (Å²) in [5.74, 6) is 0. The first-order valence-corrected chi connectivity index (χ1v) is 6.91. The number of hydrogen-bond donors (Lipinski definition) is 0. The van der Waals surface area contributed by atoms with Gasteiger partial charge in [-0.15, -0.1) is 0 Å². The standard InChI is InChI=1S/C15H19ClN2/c1-4-11-9-14(16)13-10-12(18(5-2)6-3)7-8-15(13)17-11/h7-10H,4-6H2,1-3H3. The highest BCUT2D eigenvalue weighted by Crippen LogP contribution is 2.27. The molecule has 0 aliphatic carbocycles. The number of anilines is 1. The number of benzene rings is 1. The summed E-state index contributed by atoms with van der Waals surface area (Å²) >= 11 is 6.35. The molecule has 0 fully saturated rings. The van der Waals surface area contributed by atoms with Gasteiger partial charge >= 0.3 is 0 Å². The Morgan fingerprint density at radius 3 is 2.44 bits per heavy atom. The molecule has 1 heterocycles. The molecule has 0 unspecified atom stereocenters. The summed E-state index contributed by atoms with van der Waals surface area (Å²) in [7, 11) is 0. The van der Waals surface area contributed by atoms with Crippen LogP contribution in [0.1, 0.15) is 26.5 Å². The molecule has 2 nitrogen and oxygen atoms in total. The number of halogens is 1. The number of fused-ring (bicyclic) bond motifs is 1. The molecule has 0 saturated heterocycles. The minimum absolute atomic E-state index is 0.797. The van der Waals surface area contributed by atoms with Crippen LogP contribution in [0.4, 0.5) is 5.69 Å². The smallest absolute Gasteiger partial charge is 0.0721 e. The van der Waals surface area contributed by atoms with Crippen LogP contribution >= 0.6 is 11.6 Å². The average Bonchev–Trinajstić information content (AvgIpc) is 2.40. The van der Waals surface area contributed by atoms with Gasteiger partial charge in [-0.05, 0) is 44.5 Å². The van der Waals surface area contributed by atoms with E-state index in [2.05, 4.69) is 48.9 Å². The Morgan fingerprint density at radius 2 is 1.83 bits per heavy atom. The first-order chi connectivity index (χ1) is 8.69. The minimum atomic E-state index is 0.797. The molecule has 0 radical (unpaired) electrons. The fourth-order valence-electron chi connectivity index (χ4n) is 2.19. The summed E-state index contributed by atoms with van der Waals surface area (Å²) in [4.78, 5) is 6.91. The van der Waals surface area contributed by atoms with Gasteiger partial charge < -0.3 is 4.90 Å². The van der Waals surface area contributed by atoms with Gasteiger partial charge in [-0.3, -0.25) is 4.98 Å². The average molecular weight is 263 g/mol. The van der Waals surface area contributed by atoms with Gasteiger partial charge in [-0.2, -0.15) is 0 Å². The van der Waals surface area contributed by atoms with Crippen LogP contribution in [0.2, 0.25) is 5.02 Å². The van der Waals surface area contributed by atoms with Gasteiger partial charge in [0.25, 0.3) is 0 Å². The number of pyridine rings is 1. The van der Waals surface area contributed by atoms with E-state index in [0.29, 0.717) is 0 Å². The van der Waals surface area contributed by atoms with Crippen LogP contribution in [-0.4, -0.2) is 18.1 Å². The van der Waals surface area contributed by atoms with Gasteiger partial charge in [-0.1, -0.05) is 18.5 Å². The molecule has 0 N–H and O–H groups in total. The Kier molecular flexibility index (Phi) is 4.07. The summed E-state index contributed by atoms with van der Waals surface area (Å²) in [6.45, 7) is 8.41. The lowest BCUT2D eigenvalue weighted by atomic mass is 10.1. The fourth-order valence-corrected chi connectivity index (χ4v) is 2.47. The van der Waals surface area contributed by atoms with E-state index >= 15 is 0 Å². The second kappa shape index (κ2) is 5.57. The first kappa shape index (κ1) is 13.2. The number of aryl methyl sites for hydroxylation is 1. The van der Waals surface area contributed by atoms with Crippen molar-refractivity contribution in [2.75, 3.05) is 18.0 Å². The Morgan fingerprint density at radius 1 is 1.11 bits per heavy atom. The van der Waals surface area contributed by atoms with Crippen molar-refractivity contribution in [3.63, 3.8) is 0 Å². The van der Waals surface area contributed by atoms with Crippen LogP contribution in [0, 0.1) is 0 Å². The molecule has 0 aliphatic rings. The van der Waals surface area contributed by atoms with Crippen LogP contribution in [0.5, 0.6) is 0 Å². The van der Waals surface area contributed by atoms with Crippen LogP contribution in [0.3, 0.4) is 0 Å². The molecule has 2 rings (SSSR count). The summed E-state index contributed by atoms with van der Waals surface area (Å²) in [6, 6.07) is 8.29. The fraction of sp³-hybridized carbons (Fsp3) is 0.400. The third-order valence-electron chi connectivity index (χ3n) is 3.29. The highest BCUT2D eigenvalue weighted by molar-refractivity contribution is 6.35. The number of hydrogen-bond acceptors (Lipinski definition) is 2.